The van der Waals surface area contributed by atoms with Crippen molar-refractivity contribution in [2.24, 2.45) is 12.8 Å². The van der Waals surface area contributed by atoms with Crippen molar-refractivity contribution in [3.05, 3.63) is 41.9 Å². The van der Waals surface area contributed by atoms with Crippen LogP contribution in [0, 0.1) is 6.92 Å². The van der Waals surface area contributed by atoms with E-state index in [1.54, 1.807) is 6.33 Å². The Balaban J connectivity index is 2.54. The Morgan fingerprint density at radius 1 is 1.40 bits per heavy atom. The lowest BCUT2D eigenvalue weighted by atomic mass is 10.1. The second-order valence-corrected chi connectivity index (χ2v) is 3.72. The summed E-state index contributed by atoms with van der Waals surface area (Å²) in [7, 11) is 1.97. The van der Waals surface area contributed by atoms with Crippen molar-refractivity contribution in [3.8, 4) is 11.3 Å². The molecule has 0 radical (unpaired) electrons. The highest BCUT2D eigenvalue weighted by Crippen LogP contribution is 2.22. The Bertz CT molecular complexity index is 471. The van der Waals surface area contributed by atoms with Crippen LogP contribution in [0.15, 0.2) is 30.6 Å². The fourth-order valence-electron chi connectivity index (χ4n) is 1.73. The van der Waals surface area contributed by atoms with Crippen LogP contribution in [0.5, 0.6) is 0 Å². The predicted octanol–water partition coefficient (Wildman–Crippen LogP) is 1.85. The molecule has 3 heteroatoms. The third-order valence-electron chi connectivity index (χ3n) is 2.54. The maximum atomic E-state index is 5.71. The number of hydrogen-bond donors (Lipinski definition) is 1. The SMILES string of the molecule is Cc1cccc(-c2ncn(C)c2CN)c1. The van der Waals surface area contributed by atoms with Crippen LogP contribution >= 0.6 is 0 Å². The molecule has 0 fully saturated rings. The van der Waals surface area contributed by atoms with Gasteiger partial charge in [0.1, 0.15) is 0 Å². The van der Waals surface area contributed by atoms with Gasteiger partial charge in [-0.2, -0.15) is 0 Å². The molecule has 0 saturated carbocycles. The molecule has 0 saturated heterocycles. The first-order chi connectivity index (χ1) is 7.22. The first-order valence-electron chi connectivity index (χ1n) is 4.99. The van der Waals surface area contributed by atoms with Gasteiger partial charge in [0.25, 0.3) is 0 Å². The van der Waals surface area contributed by atoms with Gasteiger partial charge in [-0.05, 0) is 13.0 Å². The highest BCUT2D eigenvalue weighted by Gasteiger charge is 2.08. The van der Waals surface area contributed by atoms with E-state index in [-0.39, 0.29) is 0 Å². The molecule has 0 aliphatic heterocycles. The minimum atomic E-state index is 0.514. The second-order valence-electron chi connectivity index (χ2n) is 3.72. The monoisotopic (exact) mass is 201 g/mol. The maximum absolute atomic E-state index is 5.71. The smallest absolute Gasteiger partial charge is 0.0953 e. The van der Waals surface area contributed by atoms with E-state index in [2.05, 4.69) is 30.1 Å². The number of rotatable bonds is 2. The maximum Gasteiger partial charge on any atom is 0.0953 e. The molecule has 1 aromatic carbocycles. The minimum absolute atomic E-state index is 0.514. The molecule has 0 amide bonds. The van der Waals surface area contributed by atoms with E-state index in [0.29, 0.717) is 6.54 Å². The molecule has 0 aliphatic rings. The van der Waals surface area contributed by atoms with Gasteiger partial charge >= 0.3 is 0 Å². The molecule has 2 aromatic rings. The van der Waals surface area contributed by atoms with Crippen molar-refractivity contribution in [1.82, 2.24) is 9.55 Å². The van der Waals surface area contributed by atoms with E-state index < -0.39 is 0 Å². The molecule has 15 heavy (non-hydrogen) atoms. The largest absolute Gasteiger partial charge is 0.336 e. The Kier molecular flexibility index (Phi) is 2.56. The van der Waals surface area contributed by atoms with Crippen LogP contribution in [0.25, 0.3) is 11.3 Å². The number of nitrogens with zero attached hydrogens (tertiary/aromatic N) is 2. The van der Waals surface area contributed by atoms with E-state index in [1.807, 2.05) is 17.7 Å². The molecule has 1 heterocycles. The summed E-state index contributed by atoms with van der Waals surface area (Å²) in [6.07, 6.45) is 1.81. The summed E-state index contributed by atoms with van der Waals surface area (Å²) in [5.41, 5.74) is 10.1. The third kappa shape index (κ3) is 1.78. The molecule has 0 spiro atoms. The van der Waals surface area contributed by atoms with Crippen molar-refractivity contribution in [3.63, 3.8) is 0 Å². The van der Waals surface area contributed by atoms with Gasteiger partial charge in [-0.15, -0.1) is 0 Å². The lowest BCUT2D eigenvalue weighted by Crippen LogP contribution is -2.04. The average Bonchev–Trinajstić information content (AvgIpc) is 2.59. The summed E-state index contributed by atoms with van der Waals surface area (Å²) >= 11 is 0. The zero-order chi connectivity index (χ0) is 10.8. The normalized spacial score (nSPS) is 10.6. The summed E-state index contributed by atoms with van der Waals surface area (Å²) in [6.45, 7) is 2.59. The van der Waals surface area contributed by atoms with E-state index >= 15 is 0 Å². The molecule has 0 aliphatic carbocycles. The van der Waals surface area contributed by atoms with Crippen LogP contribution in [-0.4, -0.2) is 9.55 Å². The lowest BCUT2D eigenvalue weighted by molar-refractivity contribution is 0.822. The summed E-state index contributed by atoms with van der Waals surface area (Å²) in [5, 5.41) is 0. The first-order valence-corrected chi connectivity index (χ1v) is 4.99. The molecule has 0 unspecified atom stereocenters. The molecular formula is C12H15N3. The van der Waals surface area contributed by atoms with Crippen LogP contribution in [0.3, 0.4) is 0 Å². The zero-order valence-electron chi connectivity index (χ0n) is 9.07. The second kappa shape index (κ2) is 3.87. The molecule has 0 atom stereocenters. The molecule has 78 valence electrons. The summed E-state index contributed by atoms with van der Waals surface area (Å²) < 4.78 is 1.97. The summed E-state index contributed by atoms with van der Waals surface area (Å²) in [6, 6.07) is 8.31. The van der Waals surface area contributed by atoms with Crippen molar-refractivity contribution in [2.75, 3.05) is 0 Å². The van der Waals surface area contributed by atoms with Gasteiger partial charge in [-0.1, -0.05) is 23.8 Å². The number of nitrogens with two attached hydrogens (primary N) is 1. The number of hydrogen-bond acceptors (Lipinski definition) is 2. The van der Waals surface area contributed by atoms with E-state index in [1.165, 1.54) is 5.56 Å². The minimum Gasteiger partial charge on any atom is -0.336 e. The highest BCUT2D eigenvalue weighted by molar-refractivity contribution is 5.62. The first kappa shape index (κ1) is 9.93. The molecular weight excluding hydrogens is 186 g/mol. The van der Waals surface area contributed by atoms with Crippen molar-refractivity contribution >= 4 is 0 Å². The third-order valence-corrected chi connectivity index (χ3v) is 2.54. The predicted molar refractivity (Wildman–Crippen MR) is 61.3 cm³/mol. The molecule has 0 bridgehead atoms. The van der Waals surface area contributed by atoms with E-state index in [9.17, 15) is 0 Å². The Morgan fingerprint density at radius 2 is 2.20 bits per heavy atom. The van der Waals surface area contributed by atoms with Gasteiger partial charge in [0.2, 0.25) is 0 Å². The fraction of sp³-hybridized carbons (Fsp3) is 0.250. The molecule has 2 rings (SSSR count). The van der Waals surface area contributed by atoms with Crippen LogP contribution in [0.1, 0.15) is 11.3 Å². The van der Waals surface area contributed by atoms with E-state index in [4.69, 9.17) is 5.73 Å². The van der Waals surface area contributed by atoms with Gasteiger partial charge in [-0.25, -0.2) is 4.98 Å². The van der Waals surface area contributed by atoms with Crippen LogP contribution < -0.4 is 5.73 Å². The Morgan fingerprint density at radius 3 is 2.87 bits per heavy atom. The lowest BCUT2D eigenvalue weighted by Gasteiger charge is -2.03. The van der Waals surface area contributed by atoms with Gasteiger partial charge in [0, 0.05) is 19.2 Å². The van der Waals surface area contributed by atoms with Gasteiger partial charge in [-0.3, -0.25) is 0 Å². The molecule has 2 N–H and O–H groups in total. The van der Waals surface area contributed by atoms with E-state index in [0.717, 1.165) is 17.0 Å². The number of imidazole rings is 1. The van der Waals surface area contributed by atoms with Crippen molar-refractivity contribution in [2.45, 2.75) is 13.5 Å². The molecule has 3 nitrogen and oxygen atoms in total. The average molecular weight is 201 g/mol. The summed E-state index contributed by atoms with van der Waals surface area (Å²) in [4.78, 5) is 4.38. The van der Waals surface area contributed by atoms with Gasteiger partial charge in [0.05, 0.1) is 17.7 Å². The topological polar surface area (TPSA) is 43.8 Å². The number of aromatic nitrogens is 2. The zero-order valence-corrected chi connectivity index (χ0v) is 9.07. The number of aryl methyl sites for hydroxylation is 2. The van der Waals surface area contributed by atoms with Gasteiger partial charge < -0.3 is 10.3 Å². The standard InChI is InChI=1S/C12H15N3/c1-9-4-3-5-10(6-9)12-11(7-13)15(2)8-14-12/h3-6,8H,7,13H2,1-2H3. The fourth-order valence-corrected chi connectivity index (χ4v) is 1.73. The Hall–Kier alpha value is -1.61. The number of benzene rings is 1. The summed E-state index contributed by atoms with van der Waals surface area (Å²) in [5.74, 6) is 0. The molecule has 1 aromatic heterocycles. The van der Waals surface area contributed by atoms with Crippen molar-refractivity contribution in [1.29, 1.82) is 0 Å². The van der Waals surface area contributed by atoms with Crippen LogP contribution in [0.2, 0.25) is 0 Å². The van der Waals surface area contributed by atoms with Crippen LogP contribution in [-0.2, 0) is 13.6 Å². The van der Waals surface area contributed by atoms with Crippen LogP contribution in [0.4, 0.5) is 0 Å². The Labute approximate surface area is 89.6 Å². The van der Waals surface area contributed by atoms with Crippen molar-refractivity contribution < 1.29 is 0 Å². The van der Waals surface area contributed by atoms with Gasteiger partial charge in [0.15, 0.2) is 0 Å². The quantitative estimate of drug-likeness (QED) is 0.806. The highest BCUT2D eigenvalue weighted by atomic mass is 15.0.